The summed E-state index contributed by atoms with van der Waals surface area (Å²) in [5.41, 5.74) is 2.21. The predicted molar refractivity (Wildman–Crippen MR) is 100 cm³/mol. The highest BCUT2D eigenvalue weighted by Crippen LogP contribution is 2.21. The Morgan fingerprint density at radius 1 is 1.27 bits per heavy atom. The van der Waals surface area contributed by atoms with Crippen LogP contribution in [0.5, 0.6) is 5.75 Å². The molecule has 0 radical (unpaired) electrons. The Hall–Kier alpha value is -2.67. The molecule has 0 aliphatic rings. The summed E-state index contributed by atoms with van der Waals surface area (Å²) in [7, 11) is 0. The first kappa shape index (κ1) is 18.1. The van der Waals surface area contributed by atoms with Crippen molar-refractivity contribution in [1.29, 1.82) is 0 Å². The van der Waals surface area contributed by atoms with Crippen LogP contribution in [0.25, 0.3) is 10.7 Å². The first-order valence-electron chi connectivity index (χ1n) is 8.40. The minimum Gasteiger partial charge on any atom is -0.484 e. The van der Waals surface area contributed by atoms with E-state index in [-0.39, 0.29) is 19.1 Å². The zero-order valence-electron chi connectivity index (χ0n) is 15.1. The molecule has 136 valence electrons. The highest BCUT2D eigenvalue weighted by Gasteiger charge is 2.17. The first-order valence-corrected chi connectivity index (χ1v) is 9.28. The fourth-order valence-corrected chi connectivity index (χ4v) is 3.27. The third-order valence-corrected chi connectivity index (χ3v) is 4.69. The maximum Gasteiger partial charge on any atom is 0.260 e. The van der Waals surface area contributed by atoms with E-state index in [4.69, 9.17) is 9.26 Å². The normalized spacial score (nSPS) is 10.7. The van der Waals surface area contributed by atoms with Gasteiger partial charge in [-0.3, -0.25) is 4.79 Å². The second kappa shape index (κ2) is 8.14. The van der Waals surface area contributed by atoms with Crippen molar-refractivity contribution < 1.29 is 14.1 Å². The fourth-order valence-electron chi connectivity index (χ4n) is 2.62. The van der Waals surface area contributed by atoms with Gasteiger partial charge in [0.05, 0.1) is 4.88 Å². The smallest absolute Gasteiger partial charge is 0.260 e. The molecule has 0 spiro atoms. The topological polar surface area (TPSA) is 68.5 Å². The van der Waals surface area contributed by atoms with E-state index in [9.17, 15) is 4.79 Å². The molecule has 0 unspecified atom stereocenters. The van der Waals surface area contributed by atoms with Crippen LogP contribution < -0.4 is 4.74 Å². The average molecular weight is 371 g/mol. The molecule has 7 heteroatoms. The van der Waals surface area contributed by atoms with Gasteiger partial charge in [-0.25, -0.2) is 0 Å². The SMILES string of the molecule is CCN(Cc1nc(-c2cccs2)no1)C(=O)COc1cc(C)cc(C)c1. The van der Waals surface area contributed by atoms with E-state index < -0.39 is 0 Å². The summed E-state index contributed by atoms with van der Waals surface area (Å²) in [6, 6.07) is 9.76. The number of thiophene rings is 1. The summed E-state index contributed by atoms with van der Waals surface area (Å²) in [4.78, 5) is 19.4. The number of aryl methyl sites for hydroxylation is 2. The summed E-state index contributed by atoms with van der Waals surface area (Å²) >= 11 is 1.54. The van der Waals surface area contributed by atoms with Crippen LogP contribution >= 0.6 is 11.3 Å². The number of rotatable bonds is 7. The van der Waals surface area contributed by atoms with Gasteiger partial charge in [0, 0.05) is 6.54 Å². The van der Waals surface area contributed by atoms with Gasteiger partial charge in [-0.15, -0.1) is 11.3 Å². The van der Waals surface area contributed by atoms with Crippen molar-refractivity contribution in [2.45, 2.75) is 27.3 Å². The number of benzene rings is 1. The van der Waals surface area contributed by atoms with Gasteiger partial charge in [-0.1, -0.05) is 17.3 Å². The second-order valence-corrected chi connectivity index (χ2v) is 6.96. The number of aromatic nitrogens is 2. The number of hydrogen-bond donors (Lipinski definition) is 0. The van der Waals surface area contributed by atoms with Crippen LogP contribution in [0.4, 0.5) is 0 Å². The number of likely N-dealkylation sites (N-methyl/N-ethyl adjacent to an activating group) is 1. The summed E-state index contributed by atoms with van der Waals surface area (Å²) in [5.74, 6) is 1.53. The van der Waals surface area contributed by atoms with Gasteiger partial charge >= 0.3 is 0 Å². The lowest BCUT2D eigenvalue weighted by molar-refractivity contribution is -0.134. The molecule has 6 nitrogen and oxygen atoms in total. The van der Waals surface area contributed by atoms with Crippen LogP contribution in [-0.2, 0) is 11.3 Å². The van der Waals surface area contributed by atoms with Gasteiger partial charge in [-0.05, 0) is 55.5 Å². The van der Waals surface area contributed by atoms with Gasteiger partial charge in [-0.2, -0.15) is 4.98 Å². The summed E-state index contributed by atoms with van der Waals surface area (Å²) in [6.45, 7) is 6.69. The fraction of sp³-hybridized carbons (Fsp3) is 0.316. The molecule has 0 N–H and O–H groups in total. The molecule has 3 aromatic rings. The summed E-state index contributed by atoms with van der Waals surface area (Å²) in [6.07, 6.45) is 0. The highest BCUT2D eigenvalue weighted by atomic mass is 32.1. The van der Waals surface area contributed by atoms with Crippen LogP contribution in [0.3, 0.4) is 0 Å². The molecule has 3 rings (SSSR count). The Labute approximate surface area is 156 Å². The van der Waals surface area contributed by atoms with Crippen molar-refractivity contribution in [3.8, 4) is 16.5 Å². The average Bonchev–Trinajstić information content (AvgIpc) is 3.28. The molecule has 2 aromatic heterocycles. The number of ether oxygens (including phenoxy) is 1. The Morgan fingerprint density at radius 3 is 2.69 bits per heavy atom. The Bertz CT molecular complexity index is 854. The summed E-state index contributed by atoms with van der Waals surface area (Å²) < 4.78 is 10.9. The van der Waals surface area contributed by atoms with E-state index in [2.05, 4.69) is 16.2 Å². The van der Waals surface area contributed by atoms with Crippen molar-refractivity contribution in [2.75, 3.05) is 13.2 Å². The molecule has 0 atom stereocenters. The number of nitrogens with zero attached hydrogens (tertiary/aromatic N) is 3. The number of amides is 1. The van der Waals surface area contributed by atoms with Crippen LogP contribution in [0.1, 0.15) is 23.9 Å². The second-order valence-electron chi connectivity index (χ2n) is 6.01. The lowest BCUT2D eigenvalue weighted by Gasteiger charge is -2.19. The lowest BCUT2D eigenvalue weighted by atomic mass is 10.1. The van der Waals surface area contributed by atoms with E-state index in [1.165, 1.54) is 0 Å². The highest BCUT2D eigenvalue weighted by molar-refractivity contribution is 7.13. The first-order chi connectivity index (χ1) is 12.5. The summed E-state index contributed by atoms with van der Waals surface area (Å²) in [5, 5.41) is 5.93. The molecule has 0 fully saturated rings. The minimum absolute atomic E-state index is 0.0251. The number of carbonyl (C=O) groups excluding carboxylic acids is 1. The van der Waals surface area contributed by atoms with Crippen LogP contribution in [0, 0.1) is 13.8 Å². The maximum absolute atomic E-state index is 12.5. The van der Waals surface area contributed by atoms with Gasteiger partial charge in [0.2, 0.25) is 11.7 Å². The van der Waals surface area contributed by atoms with E-state index in [1.54, 1.807) is 16.2 Å². The maximum atomic E-state index is 12.5. The van der Waals surface area contributed by atoms with Gasteiger partial charge in [0.1, 0.15) is 12.3 Å². The van der Waals surface area contributed by atoms with Crippen molar-refractivity contribution in [3.63, 3.8) is 0 Å². The monoisotopic (exact) mass is 371 g/mol. The minimum atomic E-state index is -0.123. The zero-order valence-corrected chi connectivity index (χ0v) is 15.9. The molecule has 1 amide bonds. The Morgan fingerprint density at radius 2 is 2.04 bits per heavy atom. The molecular formula is C19H21N3O3S. The van der Waals surface area contributed by atoms with Gasteiger partial charge in [0.25, 0.3) is 5.91 Å². The Balaban J connectivity index is 1.60. The molecule has 0 saturated carbocycles. The van der Waals surface area contributed by atoms with E-state index in [1.807, 2.05) is 50.4 Å². The third-order valence-electron chi connectivity index (χ3n) is 3.83. The van der Waals surface area contributed by atoms with Gasteiger partial charge < -0.3 is 14.2 Å². The van der Waals surface area contributed by atoms with Gasteiger partial charge in [0.15, 0.2) is 6.61 Å². The standard InChI is InChI=1S/C19H21N3O3S/c1-4-22(11-17-20-19(21-25-17)16-6-5-7-26-16)18(23)12-24-15-9-13(2)8-14(3)10-15/h5-10H,4,11-12H2,1-3H3. The van der Waals surface area contributed by atoms with Crippen LogP contribution in [0.15, 0.2) is 40.2 Å². The van der Waals surface area contributed by atoms with Crippen LogP contribution in [-0.4, -0.2) is 34.1 Å². The molecule has 0 bridgehead atoms. The zero-order chi connectivity index (χ0) is 18.5. The van der Waals surface area contributed by atoms with Crippen molar-refractivity contribution in [1.82, 2.24) is 15.0 Å². The van der Waals surface area contributed by atoms with Crippen molar-refractivity contribution >= 4 is 17.2 Å². The third kappa shape index (κ3) is 4.49. The molecule has 26 heavy (non-hydrogen) atoms. The van der Waals surface area contributed by atoms with Crippen molar-refractivity contribution in [2.24, 2.45) is 0 Å². The van der Waals surface area contributed by atoms with E-state index >= 15 is 0 Å². The molecule has 0 aliphatic heterocycles. The van der Waals surface area contributed by atoms with E-state index in [0.717, 1.165) is 16.0 Å². The molecule has 2 heterocycles. The number of hydrogen-bond acceptors (Lipinski definition) is 6. The molecule has 0 saturated heterocycles. The van der Waals surface area contributed by atoms with Crippen LogP contribution in [0.2, 0.25) is 0 Å². The molecule has 1 aromatic carbocycles. The van der Waals surface area contributed by atoms with E-state index in [0.29, 0.717) is 24.0 Å². The predicted octanol–water partition coefficient (Wildman–Crippen LogP) is 3.84. The van der Waals surface area contributed by atoms with Crippen molar-refractivity contribution in [3.05, 3.63) is 52.7 Å². The molecule has 0 aliphatic carbocycles. The lowest BCUT2D eigenvalue weighted by Crippen LogP contribution is -2.34. The quantitative estimate of drug-likeness (QED) is 0.631. The molecular weight excluding hydrogens is 350 g/mol. The largest absolute Gasteiger partial charge is 0.484 e. The number of carbonyl (C=O) groups is 1. The Kier molecular flexibility index (Phi) is 5.68.